The average Bonchev–Trinajstić information content (AvgIpc) is 3.23. The number of carbonyl (C=O) groups is 1. The Hall–Kier alpha value is -2.20. The Kier molecular flexibility index (Phi) is 4.07. The van der Waals surface area contributed by atoms with Crippen molar-refractivity contribution in [1.29, 1.82) is 0 Å². The molecule has 2 aliphatic rings. The Morgan fingerprint density at radius 2 is 2.04 bits per heavy atom. The van der Waals surface area contributed by atoms with Crippen LogP contribution in [0.15, 0.2) is 42.5 Å². The monoisotopic (exact) mass is 343 g/mol. The summed E-state index contributed by atoms with van der Waals surface area (Å²) in [7, 11) is 0. The Balaban J connectivity index is 1.41. The van der Waals surface area contributed by atoms with Crippen LogP contribution >= 0.6 is 11.6 Å². The first-order valence-corrected chi connectivity index (χ1v) is 8.48. The van der Waals surface area contributed by atoms with Gasteiger partial charge >= 0.3 is 0 Å². The van der Waals surface area contributed by atoms with Gasteiger partial charge in [-0.2, -0.15) is 0 Å². The second-order valence-corrected chi connectivity index (χ2v) is 6.68. The van der Waals surface area contributed by atoms with Crippen LogP contribution in [0.4, 0.5) is 0 Å². The van der Waals surface area contributed by atoms with Crippen LogP contribution in [-0.2, 0) is 11.2 Å². The third-order valence-electron chi connectivity index (χ3n) is 4.65. The lowest BCUT2D eigenvalue weighted by Crippen LogP contribution is -2.29. The fraction of sp³-hybridized carbons (Fsp3) is 0.316. The van der Waals surface area contributed by atoms with Gasteiger partial charge in [-0.3, -0.25) is 4.79 Å². The van der Waals surface area contributed by atoms with Gasteiger partial charge in [0, 0.05) is 24.0 Å². The van der Waals surface area contributed by atoms with Crippen molar-refractivity contribution in [3.05, 3.63) is 58.6 Å². The fourth-order valence-electron chi connectivity index (χ4n) is 3.36. The molecule has 24 heavy (non-hydrogen) atoms. The lowest BCUT2D eigenvalue weighted by Gasteiger charge is -2.17. The van der Waals surface area contributed by atoms with Gasteiger partial charge in [0.15, 0.2) is 11.5 Å². The van der Waals surface area contributed by atoms with Crippen LogP contribution in [0.25, 0.3) is 0 Å². The van der Waals surface area contributed by atoms with Crippen molar-refractivity contribution < 1.29 is 14.3 Å². The van der Waals surface area contributed by atoms with Crippen molar-refractivity contribution in [2.24, 2.45) is 0 Å². The molecule has 1 atom stereocenters. The maximum Gasteiger partial charge on any atom is 0.231 e. The summed E-state index contributed by atoms with van der Waals surface area (Å²) in [5.41, 5.74) is 2.16. The highest BCUT2D eigenvalue weighted by atomic mass is 35.5. The van der Waals surface area contributed by atoms with Crippen molar-refractivity contribution in [2.75, 3.05) is 19.9 Å². The van der Waals surface area contributed by atoms with Crippen molar-refractivity contribution in [3.8, 4) is 11.5 Å². The second-order valence-electron chi connectivity index (χ2n) is 6.24. The van der Waals surface area contributed by atoms with E-state index in [2.05, 4.69) is 6.07 Å². The number of carbonyl (C=O) groups excluding carboxylic acids is 1. The van der Waals surface area contributed by atoms with Crippen molar-refractivity contribution in [3.63, 3.8) is 0 Å². The number of ether oxygens (including phenoxy) is 2. The first-order valence-electron chi connectivity index (χ1n) is 8.11. The molecule has 5 heteroatoms. The van der Waals surface area contributed by atoms with E-state index in [9.17, 15) is 4.79 Å². The molecule has 0 aromatic heterocycles. The molecule has 0 radical (unpaired) electrons. The van der Waals surface area contributed by atoms with Gasteiger partial charge < -0.3 is 14.4 Å². The van der Waals surface area contributed by atoms with E-state index in [4.69, 9.17) is 21.1 Å². The zero-order valence-electron chi connectivity index (χ0n) is 13.2. The molecule has 0 bridgehead atoms. The van der Waals surface area contributed by atoms with Gasteiger partial charge in [0.1, 0.15) is 0 Å². The van der Waals surface area contributed by atoms with Gasteiger partial charge in [-0.05, 0) is 41.8 Å². The van der Waals surface area contributed by atoms with E-state index in [1.165, 1.54) is 5.56 Å². The van der Waals surface area contributed by atoms with E-state index in [1.54, 1.807) is 0 Å². The molecule has 1 unspecified atom stereocenters. The highest BCUT2D eigenvalue weighted by molar-refractivity contribution is 6.30. The molecule has 2 aliphatic heterocycles. The zero-order valence-corrected chi connectivity index (χ0v) is 14.0. The smallest absolute Gasteiger partial charge is 0.231 e. The van der Waals surface area contributed by atoms with Crippen LogP contribution in [0.5, 0.6) is 11.5 Å². The highest BCUT2D eigenvalue weighted by Crippen LogP contribution is 2.37. The SMILES string of the molecule is O=C(Cc1cccc(Cl)c1)N1CCC(c2ccc3c(c2)OCO3)C1. The number of nitrogens with zero attached hydrogens (tertiary/aromatic N) is 1. The molecule has 1 fully saturated rings. The number of amides is 1. The van der Waals surface area contributed by atoms with E-state index in [-0.39, 0.29) is 12.7 Å². The van der Waals surface area contributed by atoms with E-state index in [1.807, 2.05) is 41.3 Å². The van der Waals surface area contributed by atoms with Gasteiger partial charge in [0.05, 0.1) is 6.42 Å². The summed E-state index contributed by atoms with van der Waals surface area (Å²) in [5.74, 6) is 2.10. The number of rotatable bonds is 3. The largest absolute Gasteiger partial charge is 0.454 e. The second kappa shape index (κ2) is 6.36. The summed E-state index contributed by atoms with van der Waals surface area (Å²) in [6.45, 7) is 1.82. The molecule has 124 valence electrons. The molecule has 0 aliphatic carbocycles. The summed E-state index contributed by atoms with van der Waals surface area (Å²) < 4.78 is 10.8. The number of halogens is 1. The summed E-state index contributed by atoms with van der Waals surface area (Å²) >= 11 is 5.99. The summed E-state index contributed by atoms with van der Waals surface area (Å²) in [4.78, 5) is 14.5. The van der Waals surface area contributed by atoms with Crippen molar-refractivity contribution in [2.45, 2.75) is 18.8 Å². The Bertz CT molecular complexity index is 777. The van der Waals surface area contributed by atoms with Gasteiger partial charge in [0.2, 0.25) is 12.7 Å². The minimum Gasteiger partial charge on any atom is -0.454 e. The Morgan fingerprint density at radius 3 is 2.92 bits per heavy atom. The third kappa shape index (κ3) is 3.06. The molecule has 2 aromatic carbocycles. The first-order chi connectivity index (χ1) is 11.7. The van der Waals surface area contributed by atoms with Crippen LogP contribution in [0, 0.1) is 0 Å². The molecule has 2 aromatic rings. The predicted molar refractivity (Wildman–Crippen MR) is 91.7 cm³/mol. The number of hydrogen-bond donors (Lipinski definition) is 0. The molecular weight excluding hydrogens is 326 g/mol. The zero-order chi connectivity index (χ0) is 16.5. The standard InChI is InChI=1S/C19H18ClNO3/c20-16-3-1-2-13(8-16)9-19(22)21-7-6-15(11-21)14-4-5-17-18(10-14)24-12-23-17/h1-5,8,10,15H,6-7,9,11-12H2. The lowest BCUT2D eigenvalue weighted by atomic mass is 9.98. The van der Waals surface area contributed by atoms with Crippen LogP contribution in [0.1, 0.15) is 23.5 Å². The topological polar surface area (TPSA) is 38.8 Å². The molecule has 4 rings (SSSR count). The Morgan fingerprint density at radius 1 is 1.17 bits per heavy atom. The molecule has 0 spiro atoms. The molecule has 1 amide bonds. The van der Waals surface area contributed by atoms with Gasteiger partial charge in [-0.1, -0.05) is 29.8 Å². The highest BCUT2D eigenvalue weighted by Gasteiger charge is 2.28. The van der Waals surface area contributed by atoms with E-state index < -0.39 is 0 Å². The van der Waals surface area contributed by atoms with E-state index >= 15 is 0 Å². The summed E-state index contributed by atoms with van der Waals surface area (Å²) in [5, 5.41) is 0.667. The molecule has 4 nitrogen and oxygen atoms in total. The maximum atomic E-state index is 12.5. The Labute approximate surface area is 145 Å². The number of fused-ring (bicyclic) bond motifs is 1. The lowest BCUT2D eigenvalue weighted by molar-refractivity contribution is -0.129. The molecule has 2 heterocycles. The minimum atomic E-state index is 0.153. The van der Waals surface area contributed by atoms with E-state index in [0.717, 1.165) is 36.6 Å². The minimum absolute atomic E-state index is 0.153. The van der Waals surface area contributed by atoms with Crippen LogP contribution in [0.2, 0.25) is 5.02 Å². The van der Waals surface area contributed by atoms with Crippen LogP contribution < -0.4 is 9.47 Å². The van der Waals surface area contributed by atoms with Gasteiger partial charge in [-0.25, -0.2) is 0 Å². The summed E-state index contributed by atoms with van der Waals surface area (Å²) in [6, 6.07) is 13.6. The summed E-state index contributed by atoms with van der Waals surface area (Å²) in [6.07, 6.45) is 1.37. The third-order valence-corrected chi connectivity index (χ3v) is 4.89. The average molecular weight is 344 g/mol. The molecule has 0 saturated carbocycles. The number of likely N-dealkylation sites (tertiary alicyclic amines) is 1. The van der Waals surface area contributed by atoms with Gasteiger partial charge in [0.25, 0.3) is 0 Å². The van der Waals surface area contributed by atoms with E-state index in [0.29, 0.717) is 17.4 Å². The predicted octanol–water partition coefficient (Wildman–Crippen LogP) is 3.63. The number of hydrogen-bond acceptors (Lipinski definition) is 3. The van der Waals surface area contributed by atoms with Gasteiger partial charge in [-0.15, -0.1) is 0 Å². The number of benzene rings is 2. The molecule has 0 N–H and O–H groups in total. The van der Waals surface area contributed by atoms with Crippen molar-refractivity contribution in [1.82, 2.24) is 4.90 Å². The molecular formula is C19H18ClNO3. The first kappa shape index (κ1) is 15.3. The molecule has 1 saturated heterocycles. The van der Waals surface area contributed by atoms with Crippen molar-refractivity contribution >= 4 is 17.5 Å². The maximum absolute atomic E-state index is 12.5. The van der Waals surface area contributed by atoms with Crippen LogP contribution in [-0.4, -0.2) is 30.7 Å². The van der Waals surface area contributed by atoms with Crippen LogP contribution in [0.3, 0.4) is 0 Å². The quantitative estimate of drug-likeness (QED) is 0.854. The normalized spacial score (nSPS) is 18.9. The fourth-order valence-corrected chi connectivity index (χ4v) is 3.57.